The van der Waals surface area contributed by atoms with Crippen LogP contribution in [0.25, 0.3) is 0 Å². The number of fused-ring (bicyclic) bond motifs is 1. The Morgan fingerprint density at radius 3 is 2.10 bits per heavy atom. The molecule has 7 nitrogen and oxygen atoms in total. The molecule has 2 aliphatic heterocycles. The zero-order chi connectivity index (χ0) is 20.9. The van der Waals surface area contributed by atoms with E-state index in [1.165, 1.54) is 27.3 Å². The summed E-state index contributed by atoms with van der Waals surface area (Å²) in [6, 6.07) is 13.5. The van der Waals surface area contributed by atoms with E-state index in [0.717, 1.165) is 6.42 Å². The van der Waals surface area contributed by atoms with E-state index < -0.39 is 10.2 Å². The van der Waals surface area contributed by atoms with Crippen molar-refractivity contribution in [2.24, 2.45) is 0 Å². The lowest BCUT2D eigenvalue weighted by molar-refractivity contribution is -2.00. The van der Waals surface area contributed by atoms with Gasteiger partial charge in [-0.25, -0.2) is 18.6 Å². The smallest absolute Gasteiger partial charge is 0.246 e. The Balaban J connectivity index is 0.000000349. The Hall–Kier alpha value is -2.46. The maximum absolute atomic E-state index is 8.49. The van der Waals surface area contributed by atoms with Crippen molar-refractivity contribution in [2.75, 3.05) is 0 Å². The highest BCUT2D eigenvalue weighted by Gasteiger charge is 2.60. The van der Waals surface area contributed by atoms with Gasteiger partial charge in [0.15, 0.2) is 12.2 Å². The van der Waals surface area contributed by atoms with Crippen LogP contribution in [0.4, 0.5) is 0 Å². The summed E-state index contributed by atoms with van der Waals surface area (Å²) >= 11 is 1.85. The molecule has 7 rings (SSSR count). The van der Waals surface area contributed by atoms with Gasteiger partial charge in [-0.15, -0.1) is 10.2 Å². The summed E-state index contributed by atoms with van der Waals surface area (Å²) in [5.41, 5.74) is 5.20. The predicted molar refractivity (Wildman–Crippen MR) is 93.8 cm³/mol. The SMILES string of the molecule is [O-][Cl+3]([O-])([O-])[O-].c1ccc2c(c1)[C@H]1c3scc[n+]3[C@@H]2CC1(c1ccoc1)c1ccoc1. The number of nitrogens with zero attached hydrogens (tertiary/aromatic N) is 1. The van der Waals surface area contributed by atoms with Crippen molar-refractivity contribution in [2.45, 2.75) is 23.8 Å². The Labute approximate surface area is 177 Å². The maximum atomic E-state index is 8.49. The Bertz CT molecular complexity index is 1110. The molecule has 0 saturated carbocycles. The zero-order valence-corrected chi connectivity index (χ0v) is 17.0. The molecule has 154 valence electrons. The van der Waals surface area contributed by atoms with Gasteiger partial charge in [-0.3, -0.25) is 0 Å². The van der Waals surface area contributed by atoms with Gasteiger partial charge >= 0.3 is 0 Å². The highest BCUT2D eigenvalue weighted by molar-refractivity contribution is 7.09. The second-order valence-corrected chi connectivity index (χ2v) is 8.99. The van der Waals surface area contributed by atoms with Crippen molar-refractivity contribution in [3.63, 3.8) is 0 Å². The monoisotopic (exact) mass is 445 g/mol. The molecule has 2 atom stereocenters. The molecule has 3 aromatic heterocycles. The van der Waals surface area contributed by atoms with Crippen LogP contribution >= 0.6 is 11.3 Å². The predicted octanol–water partition coefficient (Wildman–Crippen LogP) is -0.110. The Morgan fingerprint density at radius 2 is 1.53 bits per heavy atom. The van der Waals surface area contributed by atoms with Crippen molar-refractivity contribution in [1.29, 1.82) is 0 Å². The molecule has 0 saturated heterocycles. The number of hydrogen-bond acceptors (Lipinski definition) is 7. The highest BCUT2D eigenvalue weighted by Crippen LogP contribution is 2.60. The molecule has 1 aliphatic carbocycles. The second-order valence-electron chi connectivity index (χ2n) is 7.30. The minimum atomic E-state index is -4.94. The van der Waals surface area contributed by atoms with E-state index in [0.29, 0.717) is 6.04 Å². The lowest BCUT2D eigenvalue weighted by Crippen LogP contribution is -2.68. The summed E-state index contributed by atoms with van der Waals surface area (Å²) in [6.45, 7) is 0. The first-order valence-electron chi connectivity index (χ1n) is 9.14. The molecule has 0 unspecified atom stereocenters. The number of hydrogen-bond donors (Lipinski definition) is 0. The number of thiazole rings is 1. The molecular formula is C21H16ClNO6S. The molecule has 1 aromatic carbocycles. The first-order chi connectivity index (χ1) is 14.4. The minimum absolute atomic E-state index is 0.149. The van der Waals surface area contributed by atoms with Gasteiger partial charge in [0.05, 0.1) is 41.8 Å². The molecule has 0 radical (unpaired) electrons. The molecule has 2 bridgehead atoms. The zero-order valence-electron chi connectivity index (χ0n) is 15.5. The van der Waals surface area contributed by atoms with E-state index in [1.807, 2.05) is 23.9 Å². The summed E-state index contributed by atoms with van der Waals surface area (Å²) in [5.74, 6) is 0.267. The van der Waals surface area contributed by atoms with Crippen LogP contribution in [-0.2, 0) is 5.41 Å². The van der Waals surface area contributed by atoms with E-state index in [4.69, 9.17) is 27.5 Å². The number of furan rings is 2. The van der Waals surface area contributed by atoms with Gasteiger partial charge in [0.25, 0.3) is 0 Å². The first-order valence-corrected chi connectivity index (χ1v) is 11.3. The highest BCUT2D eigenvalue weighted by atomic mass is 35.7. The van der Waals surface area contributed by atoms with Gasteiger partial charge in [0.1, 0.15) is 0 Å². The van der Waals surface area contributed by atoms with Crippen molar-refractivity contribution in [1.82, 2.24) is 0 Å². The van der Waals surface area contributed by atoms with E-state index in [2.05, 4.69) is 52.5 Å². The lowest BCUT2D eigenvalue weighted by atomic mass is 9.55. The van der Waals surface area contributed by atoms with Gasteiger partial charge in [-0.2, -0.15) is 4.57 Å². The topological polar surface area (TPSA) is 122 Å². The molecule has 3 aliphatic rings. The third-order valence-electron chi connectivity index (χ3n) is 5.99. The van der Waals surface area contributed by atoms with Crippen LogP contribution in [0, 0.1) is 10.2 Å². The summed E-state index contributed by atoms with van der Waals surface area (Å²) in [5, 5.41) is 3.62. The number of rotatable bonds is 2. The normalized spacial score (nSPS) is 20.8. The number of halogens is 1. The standard InChI is InChI=1S/C21H16NO2S.ClHO4/c1-2-4-17-16(3-1)18-11-21(14-5-8-23-12-14,15-6-9-24-13-15)19(17)20-22(18)7-10-25-20;2-1(3,4)5/h1-10,12-13,18-19H,11H2;(H,2,3,4,5)/q+1;/p-1/t18-,19+;/m1./s1. The lowest BCUT2D eigenvalue weighted by Gasteiger charge is -2.47. The van der Waals surface area contributed by atoms with E-state index in [1.54, 1.807) is 12.5 Å². The van der Waals surface area contributed by atoms with Crippen LogP contribution in [-0.4, -0.2) is 0 Å². The molecule has 0 fully saturated rings. The minimum Gasteiger partial charge on any atom is -0.472 e. The van der Waals surface area contributed by atoms with Gasteiger partial charge in [-0.1, -0.05) is 35.6 Å². The second kappa shape index (κ2) is 7.05. The van der Waals surface area contributed by atoms with Crippen LogP contribution in [0.15, 0.2) is 81.9 Å². The van der Waals surface area contributed by atoms with E-state index >= 15 is 0 Å². The van der Waals surface area contributed by atoms with Crippen molar-refractivity contribution >= 4 is 11.3 Å². The van der Waals surface area contributed by atoms with E-state index in [-0.39, 0.29) is 11.3 Å². The van der Waals surface area contributed by atoms with Crippen molar-refractivity contribution < 1.29 is 42.3 Å². The average Bonchev–Trinajstić information content (AvgIpc) is 3.49. The molecule has 9 heteroatoms. The number of benzene rings is 1. The summed E-state index contributed by atoms with van der Waals surface area (Å²) in [7, 11) is -4.94. The molecule has 5 heterocycles. The van der Waals surface area contributed by atoms with Crippen molar-refractivity contribution in [3.05, 3.63) is 100 Å². The fourth-order valence-corrected chi connectivity index (χ4v) is 6.12. The summed E-state index contributed by atoms with van der Waals surface area (Å²) < 4.78 is 47.5. The van der Waals surface area contributed by atoms with Crippen molar-refractivity contribution in [3.8, 4) is 0 Å². The summed E-state index contributed by atoms with van der Waals surface area (Å²) in [4.78, 5) is 0. The van der Waals surface area contributed by atoms with Crippen LogP contribution in [0.2, 0.25) is 0 Å². The quantitative estimate of drug-likeness (QED) is 0.397. The summed E-state index contributed by atoms with van der Waals surface area (Å²) in [6.07, 6.45) is 10.6. The first kappa shape index (κ1) is 19.5. The largest absolute Gasteiger partial charge is 0.472 e. The molecular weight excluding hydrogens is 430 g/mol. The Kier molecular flexibility index (Phi) is 4.59. The molecule has 0 N–H and O–H groups in total. The van der Waals surface area contributed by atoms with Crippen LogP contribution < -0.4 is 23.2 Å². The van der Waals surface area contributed by atoms with Crippen LogP contribution in [0.1, 0.15) is 45.6 Å². The van der Waals surface area contributed by atoms with Gasteiger partial charge in [0, 0.05) is 23.1 Å². The third kappa shape index (κ3) is 3.01. The van der Waals surface area contributed by atoms with Crippen LogP contribution in [0.3, 0.4) is 0 Å². The fourth-order valence-electron chi connectivity index (χ4n) is 5.01. The average molecular weight is 446 g/mol. The van der Waals surface area contributed by atoms with Gasteiger partial charge < -0.3 is 8.83 Å². The third-order valence-corrected chi connectivity index (χ3v) is 6.94. The molecule has 0 spiro atoms. The molecule has 4 aromatic rings. The van der Waals surface area contributed by atoms with Gasteiger partial charge in [-0.05, 0) is 17.7 Å². The Morgan fingerprint density at radius 1 is 0.933 bits per heavy atom. The fraction of sp³-hybridized carbons (Fsp3) is 0.190. The van der Waals surface area contributed by atoms with E-state index in [9.17, 15) is 0 Å². The maximum Gasteiger partial charge on any atom is 0.246 e. The van der Waals surface area contributed by atoms with Gasteiger partial charge in [0.2, 0.25) is 5.01 Å². The molecule has 30 heavy (non-hydrogen) atoms. The molecule has 0 amide bonds. The number of aromatic nitrogens is 1. The van der Waals surface area contributed by atoms with Crippen LogP contribution in [0.5, 0.6) is 0 Å².